The molecular formula is C28H26ClFN8O4. The van der Waals surface area contributed by atoms with Gasteiger partial charge in [0.15, 0.2) is 11.5 Å². The summed E-state index contributed by atoms with van der Waals surface area (Å²) in [5.74, 6) is -0.968. The predicted octanol–water partition coefficient (Wildman–Crippen LogP) is 5.09. The molecule has 0 saturated heterocycles. The van der Waals surface area contributed by atoms with Gasteiger partial charge in [-0.15, -0.1) is 5.10 Å². The topological polar surface area (TPSA) is 156 Å². The quantitative estimate of drug-likeness (QED) is 0.241. The number of rotatable bonds is 4. The Bertz CT molecular complexity index is 1700. The summed E-state index contributed by atoms with van der Waals surface area (Å²) in [5, 5.41) is 16.1. The first-order valence-corrected chi connectivity index (χ1v) is 13.3. The SMILES string of the molecule is COC(=O)Nc1ccc2c(c1)NC(=O)CC/C=C/C[C@H](NC(=O)c1cn(-c3cccc(Cl)c3F)nn1)c1nc-2c(C)[nH]1. The van der Waals surface area contributed by atoms with E-state index in [0.29, 0.717) is 47.0 Å². The second kappa shape index (κ2) is 12.2. The van der Waals surface area contributed by atoms with Crippen molar-refractivity contribution in [3.63, 3.8) is 0 Å². The van der Waals surface area contributed by atoms with Gasteiger partial charge >= 0.3 is 6.09 Å². The van der Waals surface area contributed by atoms with Crippen molar-refractivity contribution in [1.29, 1.82) is 0 Å². The standard InChI is InChI=1S/C28H26ClFN8O4/c1-15-25-17-12-11-16(32-28(41)42-2)13-20(17)33-23(39)10-5-3-4-8-19(26(31-15)35-25)34-27(40)21-14-38(37-36-21)22-9-6-7-18(29)24(22)30/h3-4,6-7,9,11-14,19H,5,8,10H2,1-2H3,(H,31,35)(H,32,41)(H,33,39)(H,34,40)/b4-3+/t19-/m0/s1. The van der Waals surface area contributed by atoms with Gasteiger partial charge in [0.05, 0.1) is 35.8 Å². The van der Waals surface area contributed by atoms with E-state index >= 15 is 0 Å². The van der Waals surface area contributed by atoms with Gasteiger partial charge in [-0.1, -0.05) is 35.0 Å². The summed E-state index contributed by atoms with van der Waals surface area (Å²) < 4.78 is 20.3. The van der Waals surface area contributed by atoms with Crippen molar-refractivity contribution in [2.75, 3.05) is 17.7 Å². The lowest BCUT2D eigenvalue weighted by atomic mass is 10.1. The zero-order chi connectivity index (χ0) is 29.8. The van der Waals surface area contributed by atoms with Crippen LogP contribution in [-0.2, 0) is 9.53 Å². The number of nitrogens with zero attached hydrogens (tertiary/aromatic N) is 4. The number of imidazole rings is 1. The zero-order valence-electron chi connectivity index (χ0n) is 22.6. The molecular weight excluding hydrogens is 567 g/mol. The van der Waals surface area contributed by atoms with Gasteiger partial charge in [-0.2, -0.15) is 0 Å². The summed E-state index contributed by atoms with van der Waals surface area (Å²) in [6, 6.07) is 8.87. The number of aromatic amines is 1. The minimum absolute atomic E-state index is 0.0319. The van der Waals surface area contributed by atoms with E-state index in [1.807, 2.05) is 19.1 Å². The molecule has 3 amide bonds. The number of ether oxygens (including phenoxy) is 1. The number of H-pyrrole nitrogens is 1. The van der Waals surface area contributed by atoms with Crippen LogP contribution >= 0.6 is 11.6 Å². The van der Waals surface area contributed by atoms with Gasteiger partial charge in [-0.25, -0.2) is 18.9 Å². The van der Waals surface area contributed by atoms with Crippen LogP contribution < -0.4 is 16.0 Å². The molecule has 42 heavy (non-hydrogen) atoms. The Hall–Kier alpha value is -5.04. The van der Waals surface area contributed by atoms with E-state index in [1.165, 1.54) is 25.4 Å². The third-order valence-corrected chi connectivity index (χ3v) is 6.79. The van der Waals surface area contributed by atoms with Crippen LogP contribution in [0.15, 0.2) is 54.7 Å². The van der Waals surface area contributed by atoms with Crippen LogP contribution in [0.4, 0.5) is 20.6 Å². The average Bonchev–Trinajstić information content (AvgIpc) is 3.61. The smallest absolute Gasteiger partial charge is 0.411 e. The van der Waals surface area contributed by atoms with Crippen molar-refractivity contribution in [3.05, 3.63) is 82.8 Å². The minimum Gasteiger partial charge on any atom is -0.453 e. The first kappa shape index (κ1) is 28.5. The van der Waals surface area contributed by atoms with E-state index in [1.54, 1.807) is 24.3 Å². The van der Waals surface area contributed by atoms with E-state index < -0.39 is 23.9 Å². The normalized spacial score (nSPS) is 15.7. The van der Waals surface area contributed by atoms with Crippen LogP contribution in [0.2, 0.25) is 5.02 Å². The summed E-state index contributed by atoms with van der Waals surface area (Å²) in [7, 11) is 1.26. The largest absolute Gasteiger partial charge is 0.453 e. The zero-order valence-corrected chi connectivity index (χ0v) is 23.3. The highest BCUT2D eigenvalue weighted by Gasteiger charge is 2.24. The van der Waals surface area contributed by atoms with E-state index in [0.717, 1.165) is 4.68 Å². The first-order chi connectivity index (χ1) is 20.2. The Morgan fingerprint density at radius 3 is 2.86 bits per heavy atom. The molecule has 0 unspecified atom stereocenters. The summed E-state index contributed by atoms with van der Waals surface area (Å²) in [4.78, 5) is 45.7. The Morgan fingerprint density at radius 2 is 2.05 bits per heavy atom. The number of nitrogens with one attached hydrogen (secondary N) is 4. The number of methoxy groups -OCH3 is 1. The van der Waals surface area contributed by atoms with Crippen LogP contribution in [-0.4, -0.2) is 50.0 Å². The Kier molecular flexibility index (Phi) is 8.29. The molecule has 5 rings (SSSR count). The molecule has 2 bridgehead atoms. The van der Waals surface area contributed by atoms with E-state index in [9.17, 15) is 18.8 Å². The van der Waals surface area contributed by atoms with E-state index in [2.05, 4.69) is 36.0 Å². The molecule has 0 spiro atoms. The number of aryl methyl sites for hydroxylation is 1. The third kappa shape index (κ3) is 6.15. The van der Waals surface area contributed by atoms with Crippen molar-refractivity contribution in [2.24, 2.45) is 0 Å². The first-order valence-electron chi connectivity index (χ1n) is 12.9. The molecule has 1 aliphatic heterocycles. The maximum absolute atomic E-state index is 14.5. The second-order valence-electron chi connectivity index (χ2n) is 9.41. The molecule has 4 aromatic rings. The molecule has 14 heteroatoms. The number of aromatic nitrogens is 5. The number of hydrogen-bond acceptors (Lipinski definition) is 7. The molecule has 12 nitrogen and oxygen atoms in total. The highest BCUT2D eigenvalue weighted by atomic mass is 35.5. The minimum atomic E-state index is -0.684. The second-order valence-corrected chi connectivity index (χ2v) is 9.82. The molecule has 2 aromatic heterocycles. The van der Waals surface area contributed by atoms with E-state index in [4.69, 9.17) is 16.6 Å². The van der Waals surface area contributed by atoms with Gasteiger partial charge in [-0.3, -0.25) is 14.9 Å². The van der Waals surface area contributed by atoms with Crippen molar-refractivity contribution in [1.82, 2.24) is 30.3 Å². The third-order valence-electron chi connectivity index (χ3n) is 6.50. The molecule has 0 aliphatic carbocycles. The van der Waals surface area contributed by atoms with Gasteiger partial charge in [0.25, 0.3) is 5.91 Å². The number of benzene rings is 2. The van der Waals surface area contributed by atoms with Crippen LogP contribution in [0.25, 0.3) is 16.9 Å². The van der Waals surface area contributed by atoms with E-state index in [-0.39, 0.29) is 28.7 Å². The van der Waals surface area contributed by atoms with Crippen LogP contribution in [0.5, 0.6) is 0 Å². The summed E-state index contributed by atoms with van der Waals surface area (Å²) in [6.45, 7) is 1.82. The lowest BCUT2D eigenvalue weighted by Gasteiger charge is -2.14. The van der Waals surface area contributed by atoms with Crippen molar-refractivity contribution < 1.29 is 23.5 Å². The number of halogens is 2. The number of anilines is 2. The number of carbonyl (C=O) groups excluding carboxylic acids is 3. The monoisotopic (exact) mass is 592 g/mol. The lowest BCUT2D eigenvalue weighted by Crippen LogP contribution is -2.29. The van der Waals surface area contributed by atoms with Crippen LogP contribution in [0.3, 0.4) is 0 Å². The number of amides is 3. The summed E-state index contributed by atoms with van der Waals surface area (Å²) in [6.07, 6.45) is 5.42. The summed E-state index contributed by atoms with van der Waals surface area (Å²) >= 11 is 5.88. The Balaban J connectivity index is 1.46. The fraction of sp³-hybridized carbons (Fsp3) is 0.214. The van der Waals surface area contributed by atoms with Gasteiger partial charge < -0.3 is 20.4 Å². The number of allylic oxidation sites excluding steroid dienone is 1. The molecule has 1 atom stereocenters. The average molecular weight is 593 g/mol. The highest BCUT2D eigenvalue weighted by molar-refractivity contribution is 6.30. The van der Waals surface area contributed by atoms with Gasteiger partial charge in [0.2, 0.25) is 5.91 Å². The van der Waals surface area contributed by atoms with Crippen molar-refractivity contribution in [3.8, 4) is 16.9 Å². The predicted molar refractivity (Wildman–Crippen MR) is 153 cm³/mol. The molecule has 0 radical (unpaired) electrons. The van der Waals surface area contributed by atoms with Crippen molar-refractivity contribution in [2.45, 2.75) is 32.2 Å². The maximum atomic E-state index is 14.5. The lowest BCUT2D eigenvalue weighted by molar-refractivity contribution is -0.116. The molecule has 3 heterocycles. The van der Waals surface area contributed by atoms with Gasteiger partial charge in [0.1, 0.15) is 11.5 Å². The molecule has 216 valence electrons. The maximum Gasteiger partial charge on any atom is 0.411 e. The number of fused-ring (bicyclic) bond motifs is 4. The molecule has 0 fully saturated rings. The Morgan fingerprint density at radius 1 is 1.21 bits per heavy atom. The molecule has 0 saturated carbocycles. The molecule has 1 aliphatic rings. The molecule has 4 N–H and O–H groups in total. The van der Waals surface area contributed by atoms with Crippen LogP contribution in [0.1, 0.15) is 47.3 Å². The number of carbonyl (C=O) groups is 3. The fourth-order valence-electron chi connectivity index (χ4n) is 4.41. The number of hydrogen-bond donors (Lipinski definition) is 4. The molecule has 2 aromatic carbocycles. The summed E-state index contributed by atoms with van der Waals surface area (Å²) in [5.41, 5.74) is 2.75. The van der Waals surface area contributed by atoms with Crippen LogP contribution in [0, 0.1) is 12.7 Å². The highest BCUT2D eigenvalue weighted by Crippen LogP contribution is 2.33. The van der Waals surface area contributed by atoms with Gasteiger partial charge in [-0.05, 0) is 50.1 Å². The fourth-order valence-corrected chi connectivity index (χ4v) is 4.58. The van der Waals surface area contributed by atoms with Gasteiger partial charge in [0, 0.05) is 23.4 Å². The van der Waals surface area contributed by atoms with Crippen molar-refractivity contribution >= 4 is 40.9 Å². The Labute approximate surface area is 244 Å².